The summed E-state index contributed by atoms with van der Waals surface area (Å²) in [6, 6.07) is 0. The van der Waals surface area contributed by atoms with Crippen LogP contribution in [0, 0.1) is 5.92 Å². The second kappa shape index (κ2) is 5.54. The Morgan fingerprint density at radius 3 is 1.74 bits per heavy atom. The van der Waals surface area contributed by atoms with Crippen molar-refractivity contribution in [2.24, 2.45) is 5.92 Å². The summed E-state index contributed by atoms with van der Waals surface area (Å²) in [6.07, 6.45) is -9.03. The fourth-order valence-corrected chi connectivity index (χ4v) is 1.15. The van der Waals surface area contributed by atoms with E-state index in [9.17, 15) is 35.5 Å². The van der Waals surface area contributed by atoms with Gasteiger partial charge in [0.15, 0.2) is 0 Å². The molecule has 0 saturated heterocycles. The highest BCUT2D eigenvalue weighted by molar-refractivity contribution is 5.72. The van der Waals surface area contributed by atoms with E-state index in [0.29, 0.717) is 0 Å². The fourth-order valence-electron chi connectivity index (χ4n) is 1.15. The molecule has 19 heavy (non-hydrogen) atoms. The number of halogens is 7. The van der Waals surface area contributed by atoms with Gasteiger partial charge in [0.05, 0.1) is 12.0 Å². The lowest BCUT2D eigenvalue weighted by molar-refractivity contribution is -0.357. The van der Waals surface area contributed by atoms with Gasteiger partial charge in [-0.25, -0.2) is 0 Å². The smallest absolute Gasteiger partial charge is 0.459 e. The topological polar surface area (TPSA) is 26.3 Å². The highest BCUT2D eigenvalue weighted by atomic mass is 19.4. The molecular weight excluding hydrogens is 285 g/mol. The van der Waals surface area contributed by atoms with Crippen LogP contribution in [0.4, 0.5) is 30.7 Å². The molecule has 0 aromatic heterocycles. The van der Waals surface area contributed by atoms with Gasteiger partial charge in [-0.2, -0.15) is 30.7 Å². The normalized spacial score (nSPS) is 15.5. The predicted molar refractivity (Wildman–Crippen MR) is 51.0 cm³/mol. The number of hydrogen-bond acceptors (Lipinski definition) is 2. The van der Waals surface area contributed by atoms with Crippen molar-refractivity contribution < 1.29 is 40.3 Å². The van der Waals surface area contributed by atoms with Gasteiger partial charge in [-0.15, -0.1) is 0 Å². The van der Waals surface area contributed by atoms with Crippen LogP contribution in [-0.2, 0) is 9.53 Å². The molecule has 0 amide bonds. The standard InChI is InChI=1S/C10H13F7O2/c1-5(2)19-7(18)6(3)4-8(11,12)9(13,14)10(15,16)17/h5-6H,4H2,1-3H3. The van der Waals surface area contributed by atoms with Crippen molar-refractivity contribution in [3.8, 4) is 0 Å². The SMILES string of the molecule is CC(C)OC(=O)C(C)CC(F)(F)C(F)(F)C(F)(F)F. The summed E-state index contributed by atoms with van der Waals surface area (Å²) in [4.78, 5) is 11.1. The van der Waals surface area contributed by atoms with Crippen LogP contribution >= 0.6 is 0 Å². The largest absolute Gasteiger partial charge is 0.463 e. The summed E-state index contributed by atoms with van der Waals surface area (Å²) in [7, 11) is 0. The molecule has 0 N–H and O–H groups in total. The third-order valence-corrected chi connectivity index (χ3v) is 2.13. The molecule has 0 rings (SSSR count). The molecule has 0 saturated carbocycles. The molecule has 9 heteroatoms. The molecule has 0 aromatic carbocycles. The summed E-state index contributed by atoms with van der Waals surface area (Å²) in [5, 5.41) is 0. The summed E-state index contributed by atoms with van der Waals surface area (Å²) in [5.41, 5.74) is 0. The van der Waals surface area contributed by atoms with Crippen LogP contribution < -0.4 is 0 Å². The maximum Gasteiger partial charge on any atom is 0.459 e. The van der Waals surface area contributed by atoms with E-state index < -0.39 is 42.4 Å². The van der Waals surface area contributed by atoms with Crippen molar-refractivity contribution in [1.29, 1.82) is 0 Å². The van der Waals surface area contributed by atoms with Crippen LogP contribution in [0.25, 0.3) is 0 Å². The maximum absolute atomic E-state index is 13.0. The minimum Gasteiger partial charge on any atom is -0.463 e. The Balaban J connectivity index is 4.92. The first-order chi connectivity index (χ1) is 8.22. The lowest BCUT2D eigenvalue weighted by atomic mass is 9.98. The van der Waals surface area contributed by atoms with Gasteiger partial charge in [-0.3, -0.25) is 4.79 Å². The summed E-state index contributed by atoms with van der Waals surface area (Å²) in [6.45, 7) is 3.56. The van der Waals surface area contributed by atoms with Gasteiger partial charge in [0, 0.05) is 6.42 Å². The minimum absolute atomic E-state index is 0.688. The van der Waals surface area contributed by atoms with E-state index in [-0.39, 0.29) is 0 Å². The van der Waals surface area contributed by atoms with Gasteiger partial charge in [0.25, 0.3) is 0 Å². The maximum atomic E-state index is 13.0. The monoisotopic (exact) mass is 298 g/mol. The molecule has 1 unspecified atom stereocenters. The molecule has 0 aliphatic carbocycles. The molecule has 0 aliphatic rings. The van der Waals surface area contributed by atoms with Crippen LogP contribution in [0.3, 0.4) is 0 Å². The highest BCUT2D eigenvalue weighted by Gasteiger charge is 2.72. The molecule has 0 spiro atoms. The average molecular weight is 298 g/mol. The Bertz CT molecular complexity index is 322. The van der Waals surface area contributed by atoms with Gasteiger partial charge in [0.2, 0.25) is 0 Å². The Labute approximate surface area is 104 Å². The average Bonchev–Trinajstić information content (AvgIpc) is 2.13. The van der Waals surface area contributed by atoms with Crippen molar-refractivity contribution in [3.05, 3.63) is 0 Å². The van der Waals surface area contributed by atoms with E-state index in [2.05, 4.69) is 4.74 Å². The molecule has 0 aliphatic heterocycles. The Hall–Kier alpha value is -1.02. The highest BCUT2D eigenvalue weighted by Crippen LogP contribution is 2.49. The van der Waals surface area contributed by atoms with Crippen molar-refractivity contribution in [2.75, 3.05) is 0 Å². The van der Waals surface area contributed by atoms with Gasteiger partial charge in [-0.1, -0.05) is 6.92 Å². The van der Waals surface area contributed by atoms with Crippen molar-refractivity contribution in [3.63, 3.8) is 0 Å². The van der Waals surface area contributed by atoms with E-state index in [0.717, 1.165) is 6.92 Å². The zero-order valence-corrected chi connectivity index (χ0v) is 10.3. The van der Waals surface area contributed by atoms with Crippen LogP contribution in [-0.4, -0.2) is 30.1 Å². The van der Waals surface area contributed by atoms with Crippen molar-refractivity contribution in [1.82, 2.24) is 0 Å². The van der Waals surface area contributed by atoms with Crippen LogP contribution in [0.15, 0.2) is 0 Å². The number of carbonyl (C=O) groups excluding carboxylic acids is 1. The number of carbonyl (C=O) groups is 1. The van der Waals surface area contributed by atoms with Crippen molar-refractivity contribution >= 4 is 5.97 Å². The van der Waals surface area contributed by atoms with E-state index in [1.54, 1.807) is 0 Å². The first-order valence-corrected chi connectivity index (χ1v) is 5.25. The molecular formula is C10H13F7O2. The van der Waals surface area contributed by atoms with E-state index in [1.165, 1.54) is 13.8 Å². The lowest BCUT2D eigenvalue weighted by Gasteiger charge is -2.29. The Morgan fingerprint density at radius 2 is 1.42 bits per heavy atom. The number of ether oxygens (including phenoxy) is 1. The zero-order chi connectivity index (χ0) is 15.6. The molecule has 0 aromatic rings. The number of esters is 1. The second-order valence-corrected chi connectivity index (χ2v) is 4.37. The van der Waals surface area contributed by atoms with E-state index in [1.807, 2.05) is 0 Å². The molecule has 0 heterocycles. The quantitative estimate of drug-likeness (QED) is 0.570. The van der Waals surface area contributed by atoms with Crippen molar-refractivity contribution in [2.45, 2.75) is 51.3 Å². The van der Waals surface area contributed by atoms with E-state index >= 15 is 0 Å². The summed E-state index contributed by atoms with van der Waals surface area (Å²) in [5.74, 6) is -14.6. The van der Waals surface area contributed by atoms with Gasteiger partial charge in [0.1, 0.15) is 0 Å². The first-order valence-electron chi connectivity index (χ1n) is 5.25. The zero-order valence-electron chi connectivity index (χ0n) is 10.3. The fraction of sp³-hybridized carbons (Fsp3) is 0.900. The van der Waals surface area contributed by atoms with Gasteiger partial charge in [-0.05, 0) is 13.8 Å². The Kier molecular flexibility index (Phi) is 5.24. The van der Waals surface area contributed by atoms with Crippen LogP contribution in [0.2, 0.25) is 0 Å². The van der Waals surface area contributed by atoms with Crippen LogP contribution in [0.5, 0.6) is 0 Å². The molecule has 114 valence electrons. The second-order valence-electron chi connectivity index (χ2n) is 4.37. The third-order valence-electron chi connectivity index (χ3n) is 2.13. The Morgan fingerprint density at radius 1 is 1.00 bits per heavy atom. The van der Waals surface area contributed by atoms with Gasteiger partial charge < -0.3 is 4.74 Å². The van der Waals surface area contributed by atoms with Crippen LogP contribution in [0.1, 0.15) is 27.2 Å². The first kappa shape index (κ1) is 18.0. The molecule has 1 atom stereocenters. The molecule has 0 bridgehead atoms. The summed E-state index contributed by atoms with van der Waals surface area (Å²) >= 11 is 0. The lowest BCUT2D eigenvalue weighted by Crippen LogP contribution is -2.53. The number of alkyl halides is 7. The number of rotatable bonds is 5. The third kappa shape index (κ3) is 4.24. The summed E-state index contributed by atoms with van der Waals surface area (Å²) < 4.78 is 91.1. The minimum atomic E-state index is -6.39. The predicted octanol–water partition coefficient (Wildman–Crippen LogP) is 3.80. The molecule has 0 fully saturated rings. The molecule has 2 nitrogen and oxygen atoms in total. The molecule has 0 radical (unpaired) electrons. The van der Waals surface area contributed by atoms with Gasteiger partial charge >= 0.3 is 24.0 Å². The van der Waals surface area contributed by atoms with E-state index in [4.69, 9.17) is 0 Å². The number of hydrogen-bond donors (Lipinski definition) is 0.